The summed E-state index contributed by atoms with van der Waals surface area (Å²) in [5, 5.41) is 1.11. The summed E-state index contributed by atoms with van der Waals surface area (Å²) in [6.07, 6.45) is 0. The van der Waals surface area contributed by atoms with Crippen molar-refractivity contribution >= 4 is 33.0 Å². The average molecular weight is 217 g/mol. The monoisotopic (exact) mass is 216 g/mol. The van der Waals surface area contributed by atoms with Gasteiger partial charge in [-0.2, -0.15) is 4.39 Å². The van der Waals surface area contributed by atoms with Gasteiger partial charge in [-0.3, -0.25) is 0 Å². The molecule has 0 N–H and O–H groups in total. The first-order valence-corrected chi connectivity index (χ1v) is 4.83. The number of rotatable bonds is 1. The van der Waals surface area contributed by atoms with Crippen molar-refractivity contribution in [1.29, 1.82) is 0 Å². The van der Waals surface area contributed by atoms with Crippen molar-refractivity contribution < 1.29 is 9.13 Å². The lowest BCUT2D eigenvalue weighted by Gasteiger charge is -2.02. The number of benzene rings is 1. The van der Waals surface area contributed by atoms with E-state index in [0.717, 1.165) is 21.4 Å². The van der Waals surface area contributed by atoms with Crippen LogP contribution < -0.4 is 4.74 Å². The fraction of sp³-hybridized carbons (Fsp3) is 0.111. The van der Waals surface area contributed by atoms with E-state index in [2.05, 4.69) is 0 Å². The van der Waals surface area contributed by atoms with Crippen molar-refractivity contribution in [3.8, 4) is 5.75 Å². The van der Waals surface area contributed by atoms with E-state index in [0.29, 0.717) is 10.8 Å². The van der Waals surface area contributed by atoms with Crippen LogP contribution in [0.25, 0.3) is 10.1 Å². The number of ether oxygens (including phenoxy) is 1. The fourth-order valence-corrected chi connectivity index (χ4v) is 2.41. The molecule has 68 valence electrons. The Kier molecular flexibility index (Phi) is 2.14. The van der Waals surface area contributed by atoms with E-state index >= 15 is 0 Å². The highest BCUT2D eigenvalue weighted by atomic mass is 35.5. The number of methoxy groups -OCH3 is 1. The van der Waals surface area contributed by atoms with Gasteiger partial charge in [0, 0.05) is 0 Å². The van der Waals surface area contributed by atoms with Crippen LogP contribution in [0, 0.1) is 5.13 Å². The minimum atomic E-state index is -0.226. The van der Waals surface area contributed by atoms with Crippen LogP contribution in [0.3, 0.4) is 0 Å². The predicted octanol–water partition coefficient (Wildman–Crippen LogP) is 3.70. The molecule has 2 aromatic rings. The van der Waals surface area contributed by atoms with Crippen molar-refractivity contribution in [2.24, 2.45) is 0 Å². The molecule has 0 bridgehead atoms. The Labute approximate surface area is 83.7 Å². The molecule has 1 aromatic heterocycles. The molecule has 0 fully saturated rings. The van der Waals surface area contributed by atoms with Crippen LogP contribution in [-0.4, -0.2) is 7.11 Å². The summed E-state index contributed by atoms with van der Waals surface area (Å²) in [5.41, 5.74) is 0. The van der Waals surface area contributed by atoms with Gasteiger partial charge in [0.1, 0.15) is 0 Å². The van der Waals surface area contributed by atoms with Crippen molar-refractivity contribution in [2.45, 2.75) is 0 Å². The molecule has 0 saturated carbocycles. The Morgan fingerprint density at radius 3 is 2.92 bits per heavy atom. The van der Waals surface area contributed by atoms with Gasteiger partial charge in [0.25, 0.3) is 0 Å². The number of halogens is 2. The highest BCUT2D eigenvalue weighted by molar-refractivity contribution is 7.18. The summed E-state index contributed by atoms with van der Waals surface area (Å²) in [6.45, 7) is 0. The molecule has 0 spiro atoms. The van der Waals surface area contributed by atoms with Crippen molar-refractivity contribution in [2.75, 3.05) is 7.11 Å². The zero-order valence-electron chi connectivity index (χ0n) is 6.80. The summed E-state index contributed by atoms with van der Waals surface area (Å²) in [5.74, 6) is 0.549. The second kappa shape index (κ2) is 3.16. The summed E-state index contributed by atoms with van der Waals surface area (Å²) < 4.78 is 18.7. The van der Waals surface area contributed by atoms with Crippen LogP contribution in [0.1, 0.15) is 0 Å². The molecule has 0 saturated heterocycles. The third-order valence-electron chi connectivity index (χ3n) is 1.77. The summed E-state index contributed by atoms with van der Waals surface area (Å²) in [4.78, 5) is 0. The maximum absolute atomic E-state index is 12.9. The lowest BCUT2D eigenvalue weighted by molar-refractivity contribution is 0.420. The van der Waals surface area contributed by atoms with Crippen molar-refractivity contribution in [3.63, 3.8) is 0 Å². The summed E-state index contributed by atoms with van der Waals surface area (Å²) in [6, 6.07) is 4.95. The van der Waals surface area contributed by atoms with Gasteiger partial charge in [0.05, 0.1) is 16.8 Å². The van der Waals surface area contributed by atoms with E-state index in [1.807, 2.05) is 0 Å². The van der Waals surface area contributed by atoms with Gasteiger partial charge in [0.15, 0.2) is 10.9 Å². The number of hydrogen-bond donors (Lipinski definition) is 0. The van der Waals surface area contributed by atoms with Crippen LogP contribution in [0.5, 0.6) is 5.75 Å². The average Bonchev–Trinajstić information content (AvgIpc) is 2.45. The lowest BCUT2D eigenvalue weighted by Crippen LogP contribution is -1.83. The molecule has 0 unspecified atom stereocenters. The normalized spacial score (nSPS) is 10.7. The van der Waals surface area contributed by atoms with Crippen molar-refractivity contribution in [1.82, 2.24) is 0 Å². The van der Waals surface area contributed by atoms with Crippen LogP contribution in [0.15, 0.2) is 18.2 Å². The molecule has 4 heteroatoms. The summed E-state index contributed by atoms with van der Waals surface area (Å²) >= 11 is 6.91. The molecule has 2 rings (SSSR count). The fourth-order valence-electron chi connectivity index (χ4n) is 1.21. The standard InChI is InChI=1S/C9H6ClFOS/c1-12-8-6(10)3-2-5-4-7(11)13-9(5)8/h2-4H,1H3. The molecule has 0 radical (unpaired) electrons. The lowest BCUT2D eigenvalue weighted by atomic mass is 10.2. The molecule has 0 amide bonds. The molecular formula is C9H6ClFOS. The third-order valence-corrected chi connectivity index (χ3v) is 3.00. The van der Waals surface area contributed by atoms with E-state index in [9.17, 15) is 4.39 Å². The Morgan fingerprint density at radius 2 is 2.23 bits per heavy atom. The van der Waals surface area contributed by atoms with E-state index in [1.165, 1.54) is 13.2 Å². The van der Waals surface area contributed by atoms with Gasteiger partial charge in [-0.15, -0.1) is 11.3 Å². The van der Waals surface area contributed by atoms with Crippen LogP contribution in [-0.2, 0) is 0 Å². The van der Waals surface area contributed by atoms with E-state index in [-0.39, 0.29) is 5.13 Å². The second-order valence-corrected chi connectivity index (χ2v) is 3.96. The van der Waals surface area contributed by atoms with Gasteiger partial charge in [-0.25, -0.2) is 0 Å². The quantitative estimate of drug-likeness (QED) is 0.706. The first kappa shape index (κ1) is 8.78. The van der Waals surface area contributed by atoms with Gasteiger partial charge in [-0.1, -0.05) is 17.7 Å². The van der Waals surface area contributed by atoms with Crippen LogP contribution >= 0.6 is 22.9 Å². The molecule has 1 heterocycles. The van der Waals surface area contributed by atoms with Gasteiger partial charge >= 0.3 is 0 Å². The minimum absolute atomic E-state index is 0.226. The SMILES string of the molecule is COc1c(Cl)ccc2cc(F)sc12. The number of thiophene rings is 1. The van der Waals surface area contributed by atoms with E-state index in [4.69, 9.17) is 16.3 Å². The van der Waals surface area contributed by atoms with Crippen LogP contribution in [0.4, 0.5) is 4.39 Å². The Morgan fingerprint density at radius 1 is 1.46 bits per heavy atom. The summed E-state index contributed by atoms with van der Waals surface area (Å²) in [7, 11) is 1.53. The Bertz CT molecular complexity index is 452. The Hall–Kier alpha value is -0.800. The molecule has 1 aromatic carbocycles. The predicted molar refractivity (Wildman–Crippen MR) is 53.3 cm³/mol. The molecule has 0 atom stereocenters. The first-order chi connectivity index (χ1) is 6.22. The van der Waals surface area contributed by atoms with Gasteiger partial charge in [0.2, 0.25) is 0 Å². The highest BCUT2D eigenvalue weighted by Gasteiger charge is 2.09. The highest BCUT2D eigenvalue weighted by Crippen LogP contribution is 2.37. The maximum Gasteiger partial charge on any atom is 0.177 e. The minimum Gasteiger partial charge on any atom is -0.494 e. The molecule has 0 aliphatic carbocycles. The Balaban J connectivity index is 2.82. The zero-order valence-corrected chi connectivity index (χ0v) is 8.38. The van der Waals surface area contributed by atoms with Gasteiger partial charge in [-0.05, 0) is 17.5 Å². The third kappa shape index (κ3) is 1.38. The largest absolute Gasteiger partial charge is 0.494 e. The molecule has 13 heavy (non-hydrogen) atoms. The second-order valence-electron chi connectivity index (χ2n) is 2.55. The van der Waals surface area contributed by atoms with E-state index in [1.54, 1.807) is 12.1 Å². The molecule has 0 aliphatic rings. The zero-order chi connectivity index (χ0) is 9.42. The smallest absolute Gasteiger partial charge is 0.177 e. The topological polar surface area (TPSA) is 9.23 Å². The first-order valence-electron chi connectivity index (χ1n) is 3.64. The van der Waals surface area contributed by atoms with Crippen molar-refractivity contribution in [3.05, 3.63) is 28.4 Å². The van der Waals surface area contributed by atoms with Crippen LogP contribution in [0.2, 0.25) is 5.02 Å². The molecule has 0 aliphatic heterocycles. The molecular weight excluding hydrogens is 211 g/mol. The van der Waals surface area contributed by atoms with E-state index < -0.39 is 0 Å². The maximum atomic E-state index is 12.9. The molecule has 1 nitrogen and oxygen atoms in total. The number of fused-ring (bicyclic) bond motifs is 1. The van der Waals surface area contributed by atoms with Gasteiger partial charge < -0.3 is 4.74 Å². The number of hydrogen-bond acceptors (Lipinski definition) is 2.